The molecular formula is C12H8ClN3S. The number of fused-ring (bicyclic) bond motifs is 1. The standard InChI is InChI=1S/C12H8ClN3S/c1-7-15-10-3-2-8(6-11(10)17-7)9-4-5-14-12(13)16-9/h2-6H,1H3. The van der Waals surface area contributed by atoms with Crippen molar-refractivity contribution in [2.24, 2.45) is 0 Å². The van der Waals surface area contributed by atoms with Gasteiger partial charge in [-0.2, -0.15) is 0 Å². The third-order valence-electron chi connectivity index (χ3n) is 2.42. The Hall–Kier alpha value is -1.52. The molecule has 0 amide bonds. The Bertz CT molecular complexity index is 693. The minimum absolute atomic E-state index is 0.267. The van der Waals surface area contributed by atoms with E-state index in [1.807, 2.05) is 25.1 Å². The summed E-state index contributed by atoms with van der Waals surface area (Å²) in [6.07, 6.45) is 1.66. The minimum Gasteiger partial charge on any atom is -0.242 e. The zero-order chi connectivity index (χ0) is 11.8. The molecule has 2 heterocycles. The Balaban J connectivity index is 2.17. The van der Waals surface area contributed by atoms with E-state index < -0.39 is 0 Å². The zero-order valence-electron chi connectivity index (χ0n) is 9.01. The van der Waals surface area contributed by atoms with Gasteiger partial charge in [0.05, 0.1) is 20.9 Å². The summed E-state index contributed by atoms with van der Waals surface area (Å²) >= 11 is 7.46. The first-order chi connectivity index (χ1) is 8.22. The molecule has 0 aliphatic heterocycles. The molecule has 0 aliphatic carbocycles. The van der Waals surface area contributed by atoms with Crippen molar-refractivity contribution in [1.29, 1.82) is 0 Å². The van der Waals surface area contributed by atoms with E-state index in [1.54, 1.807) is 17.5 Å². The molecule has 3 aromatic rings. The second-order valence-electron chi connectivity index (χ2n) is 3.63. The van der Waals surface area contributed by atoms with Gasteiger partial charge in [-0.3, -0.25) is 0 Å². The number of halogens is 1. The molecule has 3 nitrogen and oxygen atoms in total. The Kier molecular flexibility index (Phi) is 2.53. The second kappa shape index (κ2) is 4.05. The summed E-state index contributed by atoms with van der Waals surface area (Å²) in [4.78, 5) is 12.5. The van der Waals surface area contributed by atoms with Crippen molar-refractivity contribution >= 4 is 33.2 Å². The number of rotatable bonds is 1. The summed E-state index contributed by atoms with van der Waals surface area (Å²) in [6, 6.07) is 7.93. The van der Waals surface area contributed by atoms with E-state index in [4.69, 9.17) is 11.6 Å². The highest BCUT2D eigenvalue weighted by atomic mass is 35.5. The van der Waals surface area contributed by atoms with Crippen LogP contribution in [0, 0.1) is 6.92 Å². The lowest BCUT2D eigenvalue weighted by atomic mass is 10.1. The van der Waals surface area contributed by atoms with E-state index in [2.05, 4.69) is 21.0 Å². The highest BCUT2D eigenvalue weighted by molar-refractivity contribution is 7.18. The Morgan fingerprint density at radius 1 is 1.18 bits per heavy atom. The molecule has 1 aromatic carbocycles. The molecule has 0 aliphatic rings. The summed E-state index contributed by atoms with van der Waals surface area (Å²) < 4.78 is 1.16. The first-order valence-electron chi connectivity index (χ1n) is 5.08. The molecule has 84 valence electrons. The minimum atomic E-state index is 0.267. The fraction of sp³-hybridized carbons (Fsp3) is 0.0833. The van der Waals surface area contributed by atoms with Crippen LogP contribution in [0.5, 0.6) is 0 Å². The zero-order valence-corrected chi connectivity index (χ0v) is 10.6. The SMILES string of the molecule is Cc1nc2ccc(-c3ccnc(Cl)n3)cc2s1. The van der Waals surface area contributed by atoms with Gasteiger partial charge in [0, 0.05) is 11.8 Å². The summed E-state index contributed by atoms with van der Waals surface area (Å²) in [5.41, 5.74) is 2.89. The lowest BCUT2D eigenvalue weighted by Crippen LogP contribution is -1.86. The third kappa shape index (κ3) is 2.01. The van der Waals surface area contributed by atoms with Crippen molar-refractivity contribution in [2.75, 3.05) is 0 Å². The maximum atomic E-state index is 5.79. The van der Waals surface area contributed by atoms with Gasteiger partial charge in [0.1, 0.15) is 0 Å². The van der Waals surface area contributed by atoms with Crippen LogP contribution >= 0.6 is 22.9 Å². The van der Waals surface area contributed by atoms with E-state index in [0.29, 0.717) is 0 Å². The van der Waals surface area contributed by atoms with Gasteiger partial charge in [0.25, 0.3) is 0 Å². The summed E-state index contributed by atoms with van der Waals surface area (Å²) in [6.45, 7) is 2.01. The van der Waals surface area contributed by atoms with Crippen molar-refractivity contribution in [2.45, 2.75) is 6.92 Å². The van der Waals surface area contributed by atoms with E-state index in [0.717, 1.165) is 26.5 Å². The Morgan fingerprint density at radius 3 is 2.88 bits per heavy atom. The van der Waals surface area contributed by atoms with Crippen molar-refractivity contribution in [3.8, 4) is 11.3 Å². The van der Waals surface area contributed by atoms with Gasteiger partial charge in [0.15, 0.2) is 0 Å². The molecule has 0 atom stereocenters. The maximum absolute atomic E-state index is 5.79. The molecule has 0 radical (unpaired) electrons. The van der Waals surface area contributed by atoms with Gasteiger partial charge in [0.2, 0.25) is 5.28 Å². The number of aryl methyl sites for hydroxylation is 1. The van der Waals surface area contributed by atoms with Crippen LogP contribution in [0.25, 0.3) is 21.5 Å². The molecule has 17 heavy (non-hydrogen) atoms. The molecule has 0 spiro atoms. The molecule has 0 unspecified atom stereocenters. The van der Waals surface area contributed by atoms with E-state index in [9.17, 15) is 0 Å². The Labute approximate surface area is 107 Å². The van der Waals surface area contributed by atoms with Gasteiger partial charge >= 0.3 is 0 Å². The predicted molar refractivity (Wildman–Crippen MR) is 70.4 cm³/mol. The molecule has 0 N–H and O–H groups in total. The average molecular weight is 262 g/mol. The summed E-state index contributed by atoms with van der Waals surface area (Å²) in [5, 5.41) is 1.33. The van der Waals surface area contributed by atoms with E-state index >= 15 is 0 Å². The topological polar surface area (TPSA) is 38.7 Å². The molecule has 2 aromatic heterocycles. The predicted octanol–water partition coefficient (Wildman–Crippen LogP) is 3.72. The monoisotopic (exact) mass is 261 g/mol. The number of benzene rings is 1. The number of nitrogens with zero attached hydrogens (tertiary/aromatic N) is 3. The Morgan fingerprint density at radius 2 is 2.06 bits per heavy atom. The van der Waals surface area contributed by atoms with Crippen molar-refractivity contribution in [3.05, 3.63) is 40.8 Å². The molecule has 0 bridgehead atoms. The van der Waals surface area contributed by atoms with Crippen molar-refractivity contribution in [3.63, 3.8) is 0 Å². The molecule has 5 heteroatoms. The van der Waals surface area contributed by atoms with Crippen LogP contribution in [-0.4, -0.2) is 15.0 Å². The second-order valence-corrected chi connectivity index (χ2v) is 5.20. The van der Waals surface area contributed by atoms with Gasteiger partial charge in [-0.25, -0.2) is 15.0 Å². The number of aromatic nitrogens is 3. The maximum Gasteiger partial charge on any atom is 0.222 e. The normalized spacial score (nSPS) is 10.9. The summed E-state index contributed by atoms with van der Waals surface area (Å²) in [7, 11) is 0. The van der Waals surface area contributed by atoms with Gasteiger partial charge in [-0.1, -0.05) is 6.07 Å². The van der Waals surface area contributed by atoms with Crippen LogP contribution in [-0.2, 0) is 0 Å². The van der Waals surface area contributed by atoms with Crippen LogP contribution in [0.1, 0.15) is 5.01 Å². The van der Waals surface area contributed by atoms with Crippen LogP contribution in [0.2, 0.25) is 5.28 Å². The van der Waals surface area contributed by atoms with Crippen LogP contribution < -0.4 is 0 Å². The van der Waals surface area contributed by atoms with Crippen molar-refractivity contribution < 1.29 is 0 Å². The number of hydrogen-bond donors (Lipinski definition) is 0. The fourth-order valence-electron chi connectivity index (χ4n) is 1.69. The quantitative estimate of drug-likeness (QED) is 0.627. The van der Waals surface area contributed by atoms with Crippen LogP contribution in [0.4, 0.5) is 0 Å². The molecular weight excluding hydrogens is 254 g/mol. The van der Waals surface area contributed by atoms with Crippen LogP contribution in [0.3, 0.4) is 0 Å². The van der Waals surface area contributed by atoms with Gasteiger partial charge in [-0.05, 0) is 36.7 Å². The van der Waals surface area contributed by atoms with Crippen molar-refractivity contribution in [1.82, 2.24) is 15.0 Å². The van der Waals surface area contributed by atoms with Gasteiger partial charge < -0.3 is 0 Å². The largest absolute Gasteiger partial charge is 0.242 e. The fourth-order valence-corrected chi connectivity index (χ4v) is 2.71. The van der Waals surface area contributed by atoms with E-state index in [-0.39, 0.29) is 5.28 Å². The molecule has 0 fully saturated rings. The highest BCUT2D eigenvalue weighted by Gasteiger charge is 2.05. The lowest BCUT2D eigenvalue weighted by molar-refractivity contribution is 1.17. The molecule has 0 saturated carbocycles. The van der Waals surface area contributed by atoms with Gasteiger partial charge in [-0.15, -0.1) is 11.3 Å². The first kappa shape index (κ1) is 10.6. The number of thiazole rings is 1. The third-order valence-corrected chi connectivity index (χ3v) is 3.53. The lowest BCUT2D eigenvalue weighted by Gasteiger charge is -2.00. The van der Waals surface area contributed by atoms with Crippen LogP contribution in [0.15, 0.2) is 30.5 Å². The highest BCUT2D eigenvalue weighted by Crippen LogP contribution is 2.27. The molecule has 0 saturated heterocycles. The molecule has 3 rings (SSSR count). The number of hydrogen-bond acceptors (Lipinski definition) is 4. The smallest absolute Gasteiger partial charge is 0.222 e. The first-order valence-corrected chi connectivity index (χ1v) is 6.28. The van der Waals surface area contributed by atoms with E-state index in [1.165, 1.54) is 0 Å². The summed E-state index contributed by atoms with van der Waals surface area (Å²) in [5.74, 6) is 0. The average Bonchev–Trinajstić information content (AvgIpc) is 2.68.